The molecule has 0 bridgehead atoms. The van der Waals surface area contributed by atoms with Gasteiger partial charge in [-0.3, -0.25) is 9.78 Å². The second-order valence-electron chi connectivity index (χ2n) is 5.94. The summed E-state index contributed by atoms with van der Waals surface area (Å²) in [6.07, 6.45) is 9.31. The van der Waals surface area contributed by atoms with Crippen LogP contribution in [0.25, 0.3) is 0 Å². The number of aryl methyl sites for hydroxylation is 2. The molecule has 5 heteroatoms. The maximum atomic E-state index is 12.6. The lowest BCUT2D eigenvalue weighted by atomic mass is 10.1. The molecule has 5 nitrogen and oxygen atoms in total. The summed E-state index contributed by atoms with van der Waals surface area (Å²) in [6, 6.07) is 3.90. The summed E-state index contributed by atoms with van der Waals surface area (Å²) in [5.74, 6) is 1.22. The first-order valence-electron chi connectivity index (χ1n) is 7.85. The SMILES string of the molecule is Cc1cnc(CCC2CCCN2C(=O)c2ccncc2)n1C. The highest BCUT2D eigenvalue weighted by atomic mass is 16.2. The van der Waals surface area contributed by atoms with Crippen LogP contribution in [-0.2, 0) is 13.5 Å². The fraction of sp³-hybridized carbons (Fsp3) is 0.471. The van der Waals surface area contributed by atoms with E-state index in [4.69, 9.17) is 0 Å². The number of hydrogen-bond donors (Lipinski definition) is 0. The van der Waals surface area contributed by atoms with Crippen LogP contribution < -0.4 is 0 Å². The maximum Gasteiger partial charge on any atom is 0.254 e. The number of hydrogen-bond acceptors (Lipinski definition) is 3. The molecule has 1 unspecified atom stereocenters. The van der Waals surface area contributed by atoms with Crippen molar-refractivity contribution < 1.29 is 4.79 Å². The minimum absolute atomic E-state index is 0.126. The van der Waals surface area contributed by atoms with Gasteiger partial charge in [-0.15, -0.1) is 0 Å². The standard InChI is InChI=1S/C17H22N4O/c1-13-12-19-16(20(13)2)6-5-15-4-3-11-21(15)17(22)14-7-9-18-10-8-14/h7-10,12,15H,3-6,11H2,1-2H3. The van der Waals surface area contributed by atoms with Crippen LogP contribution in [0.15, 0.2) is 30.7 Å². The summed E-state index contributed by atoms with van der Waals surface area (Å²) in [5, 5.41) is 0. The Bertz CT molecular complexity index is 650. The van der Waals surface area contributed by atoms with Crippen molar-refractivity contribution in [3.63, 3.8) is 0 Å². The van der Waals surface area contributed by atoms with Crippen molar-refractivity contribution in [3.8, 4) is 0 Å². The van der Waals surface area contributed by atoms with Crippen molar-refractivity contribution in [2.24, 2.45) is 7.05 Å². The highest BCUT2D eigenvalue weighted by Crippen LogP contribution is 2.23. The Morgan fingerprint density at radius 2 is 2.14 bits per heavy atom. The third-order valence-corrected chi connectivity index (χ3v) is 4.58. The predicted octanol–water partition coefficient (Wildman–Crippen LogP) is 2.36. The molecule has 0 aromatic carbocycles. The van der Waals surface area contributed by atoms with E-state index in [2.05, 4.69) is 21.5 Å². The molecule has 0 spiro atoms. The molecule has 1 aliphatic heterocycles. The molecule has 0 aliphatic carbocycles. The number of carbonyl (C=O) groups is 1. The molecule has 1 aliphatic rings. The highest BCUT2D eigenvalue weighted by molar-refractivity contribution is 5.94. The Morgan fingerprint density at radius 3 is 2.82 bits per heavy atom. The highest BCUT2D eigenvalue weighted by Gasteiger charge is 2.29. The molecule has 0 N–H and O–H groups in total. The summed E-state index contributed by atoms with van der Waals surface area (Å²) in [4.78, 5) is 23.1. The van der Waals surface area contributed by atoms with Gasteiger partial charge < -0.3 is 9.47 Å². The number of amides is 1. The van der Waals surface area contributed by atoms with E-state index in [1.807, 2.05) is 18.1 Å². The molecule has 116 valence electrons. The molecule has 0 radical (unpaired) electrons. The lowest BCUT2D eigenvalue weighted by molar-refractivity contribution is 0.0730. The third kappa shape index (κ3) is 2.89. The van der Waals surface area contributed by atoms with E-state index in [1.54, 1.807) is 24.5 Å². The molecule has 1 saturated heterocycles. The smallest absolute Gasteiger partial charge is 0.254 e. The van der Waals surface area contributed by atoms with Crippen LogP contribution in [0.3, 0.4) is 0 Å². The Hall–Kier alpha value is -2.17. The minimum Gasteiger partial charge on any atom is -0.336 e. The topological polar surface area (TPSA) is 51.0 Å². The molecule has 0 saturated carbocycles. The van der Waals surface area contributed by atoms with Crippen LogP contribution in [0.1, 0.15) is 41.1 Å². The Balaban J connectivity index is 1.66. The Morgan fingerprint density at radius 1 is 1.36 bits per heavy atom. The van der Waals surface area contributed by atoms with E-state index in [1.165, 1.54) is 5.69 Å². The monoisotopic (exact) mass is 298 g/mol. The van der Waals surface area contributed by atoms with Gasteiger partial charge in [0.2, 0.25) is 0 Å². The van der Waals surface area contributed by atoms with Gasteiger partial charge in [0.1, 0.15) is 5.82 Å². The van der Waals surface area contributed by atoms with Crippen LogP contribution in [-0.4, -0.2) is 37.9 Å². The average molecular weight is 298 g/mol. The maximum absolute atomic E-state index is 12.6. The van der Waals surface area contributed by atoms with Crippen molar-refractivity contribution in [1.29, 1.82) is 0 Å². The molecule has 1 amide bonds. The van der Waals surface area contributed by atoms with E-state index < -0.39 is 0 Å². The van der Waals surface area contributed by atoms with E-state index in [0.29, 0.717) is 6.04 Å². The molecule has 1 atom stereocenters. The van der Waals surface area contributed by atoms with Crippen LogP contribution in [0.5, 0.6) is 0 Å². The minimum atomic E-state index is 0.126. The van der Waals surface area contributed by atoms with Gasteiger partial charge >= 0.3 is 0 Å². The summed E-state index contributed by atoms with van der Waals surface area (Å²) in [7, 11) is 2.05. The number of aromatic nitrogens is 3. The zero-order chi connectivity index (χ0) is 15.5. The molecule has 22 heavy (non-hydrogen) atoms. The third-order valence-electron chi connectivity index (χ3n) is 4.58. The first kappa shape index (κ1) is 14.8. The fourth-order valence-corrected chi connectivity index (χ4v) is 3.14. The van der Waals surface area contributed by atoms with E-state index >= 15 is 0 Å². The molecule has 1 fully saturated rings. The van der Waals surface area contributed by atoms with Crippen molar-refractivity contribution in [2.75, 3.05) is 6.54 Å². The lowest BCUT2D eigenvalue weighted by Gasteiger charge is -2.24. The number of nitrogens with zero attached hydrogens (tertiary/aromatic N) is 4. The number of carbonyl (C=O) groups excluding carboxylic acids is 1. The molecule has 3 rings (SSSR count). The molecular weight excluding hydrogens is 276 g/mol. The second kappa shape index (κ2) is 6.30. The van der Waals surface area contributed by atoms with Crippen LogP contribution in [0.4, 0.5) is 0 Å². The number of imidazole rings is 1. The van der Waals surface area contributed by atoms with Gasteiger partial charge in [-0.25, -0.2) is 4.98 Å². The van der Waals surface area contributed by atoms with Crippen molar-refractivity contribution in [2.45, 2.75) is 38.6 Å². The first-order valence-corrected chi connectivity index (χ1v) is 7.85. The van der Waals surface area contributed by atoms with Gasteiger partial charge in [0.05, 0.1) is 0 Å². The average Bonchev–Trinajstić information content (AvgIpc) is 3.14. The van der Waals surface area contributed by atoms with Gasteiger partial charge in [-0.1, -0.05) is 0 Å². The normalized spacial score (nSPS) is 17.9. The van der Waals surface area contributed by atoms with Crippen molar-refractivity contribution >= 4 is 5.91 Å². The van der Waals surface area contributed by atoms with Crippen LogP contribution in [0, 0.1) is 6.92 Å². The van der Waals surface area contributed by atoms with E-state index in [9.17, 15) is 4.79 Å². The van der Waals surface area contributed by atoms with Crippen LogP contribution >= 0.6 is 0 Å². The Labute approximate surface area is 131 Å². The molecule has 2 aromatic heterocycles. The van der Waals surface area contributed by atoms with E-state index in [0.717, 1.165) is 43.6 Å². The quantitative estimate of drug-likeness (QED) is 0.870. The van der Waals surface area contributed by atoms with Gasteiger partial charge in [0.15, 0.2) is 0 Å². The fourth-order valence-electron chi connectivity index (χ4n) is 3.14. The number of pyridine rings is 1. The molecule has 3 heterocycles. The van der Waals surface area contributed by atoms with Gasteiger partial charge in [-0.2, -0.15) is 0 Å². The summed E-state index contributed by atoms with van der Waals surface area (Å²) < 4.78 is 2.13. The largest absolute Gasteiger partial charge is 0.336 e. The lowest BCUT2D eigenvalue weighted by Crippen LogP contribution is -2.35. The summed E-state index contributed by atoms with van der Waals surface area (Å²) >= 11 is 0. The summed E-state index contributed by atoms with van der Waals surface area (Å²) in [5.41, 5.74) is 1.90. The zero-order valence-electron chi connectivity index (χ0n) is 13.2. The zero-order valence-corrected chi connectivity index (χ0v) is 13.2. The number of likely N-dealkylation sites (tertiary alicyclic amines) is 1. The molecular formula is C17H22N4O. The van der Waals surface area contributed by atoms with Gasteiger partial charge in [0.25, 0.3) is 5.91 Å². The Kier molecular flexibility index (Phi) is 4.22. The predicted molar refractivity (Wildman–Crippen MR) is 84.6 cm³/mol. The second-order valence-corrected chi connectivity index (χ2v) is 5.94. The first-order chi connectivity index (χ1) is 10.7. The van der Waals surface area contributed by atoms with Crippen LogP contribution in [0.2, 0.25) is 0 Å². The van der Waals surface area contributed by atoms with Crippen molar-refractivity contribution in [3.05, 3.63) is 47.8 Å². The van der Waals surface area contributed by atoms with Gasteiger partial charge in [0, 0.05) is 55.9 Å². The molecule has 2 aromatic rings. The van der Waals surface area contributed by atoms with Crippen molar-refractivity contribution in [1.82, 2.24) is 19.4 Å². The van der Waals surface area contributed by atoms with E-state index in [-0.39, 0.29) is 5.91 Å². The number of rotatable bonds is 4. The summed E-state index contributed by atoms with van der Waals surface area (Å²) in [6.45, 7) is 2.91. The van der Waals surface area contributed by atoms with Gasteiger partial charge in [-0.05, 0) is 38.3 Å².